The van der Waals surface area contributed by atoms with E-state index in [2.05, 4.69) is 23.2 Å². The summed E-state index contributed by atoms with van der Waals surface area (Å²) in [7, 11) is 1.84. The molecule has 5 nitrogen and oxygen atoms in total. The van der Waals surface area contributed by atoms with Crippen LogP contribution in [-0.4, -0.2) is 14.1 Å². The van der Waals surface area contributed by atoms with E-state index < -0.39 is 0 Å². The number of imidazole rings is 1. The summed E-state index contributed by atoms with van der Waals surface area (Å²) >= 11 is 0. The van der Waals surface area contributed by atoms with E-state index in [1.54, 1.807) is 4.57 Å². The van der Waals surface area contributed by atoms with Gasteiger partial charge in [-0.3, -0.25) is 9.13 Å². The molecule has 4 rings (SSSR count). The van der Waals surface area contributed by atoms with E-state index in [1.807, 2.05) is 30.7 Å². The summed E-state index contributed by atoms with van der Waals surface area (Å²) < 4.78 is 22.4. The third kappa shape index (κ3) is 4.42. The second-order valence-corrected chi connectivity index (χ2v) is 7.78. The summed E-state index contributed by atoms with van der Waals surface area (Å²) in [6.07, 6.45) is 15.5. The lowest BCUT2D eigenvalue weighted by Crippen LogP contribution is -2.33. The maximum atomic E-state index is 13.0. The number of ether oxygens (including phenoxy) is 1. The molecule has 0 radical (unpaired) electrons. The maximum Gasteiger partial charge on any atom is 0.328 e. The van der Waals surface area contributed by atoms with Gasteiger partial charge in [0.15, 0.2) is 0 Å². The minimum atomic E-state index is -0.388. The molecule has 0 spiro atoms. The highest BCUT2D eigenvalue weighted by Crippen LogP contribution is 2.29. The topological polar surface area (TPSA) is 49.1 Å². The van der Waals surface area contributed by atoms with Gasteiger partial charge in [-0.25, -0.2) is 14.2 Å². The number of aromatic nitrogens is 3. The van der Waals surface area contributed by atoms with Crippen LogP contribution in [0.3, 0.4) is 0 Å². The lowest BCUT2D eigenvalue weighted by molar-refractivity contribution is 0.412. The zero-order valence-corrected chi connectivity index (χ0v) is 16.8. The fraction of sp³-hybridized carbons (Fsp3) is 0.391. The van der Waals surface area contributed by atoms with Crippen LogP contribution in [0.1, 0.15) is 32.6 Å². The van der Waals surface area contributed by atoms with Crippen LogP contribution < -0.4 is 21.1 Å². The van der Waals surface area contributed by atoms with Crippen molar-refractivity contribution in [3.63, 3.8) is 0 Å². The van der Waals surface area contributed by atoms with Gasteiger partial charge in [0.05, 0.1) is 16.9 Å². The minimum Gasteiger partial charge on any atom is -0.439 e. The van der Waals surface area contributed by atoms with Crippen LogP contribution >= 0.6 is 0 Å². The number of nitrogens with zero attached hydrogens (tertiary/aromatic N) is 3. The quantitative estimate of drug-likeness (QED) is 0.756. The predicted octanol–water partition coefficient (Wildman–Crippen LogP) is 2.64. The summed E-state index contributed by atoms with van der Waals surface area (Å²) in [6.45, 7) is 2.80. The van der Waals surface area contributed by atoms with Gasteiger partial charge in [-0.15, -0.1) is 0 Å². The molecule has 2 aromatic heterocycles. The Morgan fingerprint density at radius 1 is 1.31 bits per heavy atom. The van der Waals surface area contributed by atoms with Crippen LogP contribution in [0, 0.1) is 17.7 Å². The lowest BCUT2D eigenvalue weighted by atomic mass is 9.96. The molecule has 2 aliphatic rings. The van der Waals surface area contributed by atoms with Crippen LogP contribution in [0.5, 0.6) is 5.88 Å². The summed E-state index contributed by atoms with van der Waals surface area (Å²) in [5, 5.41) is 1.98. The molecule has 29 heavy (non-hydrogen) atoms. The van der Waals surface area contributed by atoms with Gasteiger partial charge in [-0.1, -0.05) is 18.2 Å². The summed E-state index contributed by atoms with van der Waals surface area (Å²) in [6, 6.07) is 2.84. The number of rotatable bonds is 6. The van der Waals surface area contributed by atoms with Crippen LogP contribution in [0.4, 0.5) is 4.39 Å². The molecule has 0 saturated heterocycles. The van der Waals surface area contributed by atoms with E-state index in [-0.39, 0.29) is 17.4 Å². The SMILES string of the molecule is CC=c1c(=CCC2C=C(Oc3ccc(F)cn3)C=CC2)n(C)c(=O)n1CC1CC1. The average molecular weight is 395 g/mol. The minimum absolute atomic E-state index is 0.0572. The van der Waals surface area contributed by atoms with Crippen molar-refractivity contribution in [2.75, 3.05) is 0 Å². The van der Waals surface area contributed by atoms with E-state index >= 15 is 0 Å². The van der Waals surface area contributed by atoms with Crippen molar-refractivity contribution in [2.45, 2.75) is 39.2 Å². The molecule has 1 unspecified atom stereocenters. The monoisotopic (exact) mass is 395 g/mol. The Kier molecular flexibility index (Phi) is 5.51. The van der Waals surface area contributed by atoms with Gasteiger partial charge in [0.1, 0.15) is 11.6 Å². The van der Waals surface area contributed by atoms with Crippen molar-refractivity contribution in [3.05, 3.63) is 69.3 Å². The fourth-order valence-corrected chi connectivity index (χ4v) is 3.73. The first kappa shape index (κ1) is 19.4. The second kappa shape index (κ2) is 8.23. The Morgan fingerprint density at radius 2 is 2.14 bits per heavy atom. The summed E-state index contributed by atoms with van der Waals surface area (Å²) in [4.78, 5) is 16.6. The first-order valence-corrected chi connectivity index (χ1v) is 10.1. The Hall–Kier alpha value is -2.89. The van der Waals surface area contributed by atoms with Crippen LogP contribution in [-0.2, 0) is 13.6 Å². The molecule has 2 heterocycles. The average Bonchev–Trinajstić information content (AvgIpc) is 3.51. The first-order valence-electron chi connectivity index (χ1n) is 10.1. The maximum absolute atomic E-state index is 13.0. The zero-order valence-electron chi connectivity index (χ0n) is 16.8. The molecule has 152 valence electrons. The van der Waals surface area contributed by atoms with Crippen LogP contribution in [0.25, 0.3) is 12.2 Å². The molecule has 2 aromatic rings. The van der Waals surface area contributed by atoms with Crippen molar-refractivity contribution in [1.29, 1.82) is 0 Å². The Morgan fingerprint density at radius 3 is 2.83 bits per heavy atom. The zero-order chi connectivity index (χ0) is 20.4. The molecule has 0 N–H and O–H groups in total. The molecule has 1 saturated carbocycles. The number of hydrogen-bond donors (Lipinski definition) is 0. The van der Waals surface area contributed by atoms with Crippen LogP contribution in [0.15, 0.2) is 47.1 Å². The molecule has 0 bridgehead atoms. The number of allylic oxidation sites excluding steroid dienone is 3. The van der Waals surface area contributed by atoms with Gasteiger partial charge in [0, 0.05) is 19.7 Å². The Bertz CT molecular complexity index is 1120. The normalized spacial score (nSPS) is 20.2. The number of hydrogen-bond acceptors (Lipinski definition) is 3. The summed E-state index contributed by atoms with van der Waals surface area (Å²) in [5.41, 5.74) is 0.0572. The first-order chi connectivity index (χ1) is 14.0. The second-order valence-electron chi connectivity index (χ2n) is 7.78. The Labute approximate surface area is 169 Å². The summed E-state index contributed by atoms with van der Waals surface area (Å²) in [5.74, 6) is 1.60. The smallest absolute Gasteiger partial charge is 0.328 e. The lowest BCUT2D eigenvalue weighted by Gasteiger charge is -2.15. The van der Waals surface area contributed by atoms with Crippen molar-refractivity contribution in [1.82, 2.24) is 14.1 Å². The third-order valence-corrected chi connectivity index (χ3v) is 5.50. The molecular formula is C23H26FN3O2. The molecule has 0 aromatic carbocycles. The van der Waals surface area contributed by atoms with E-state index in [4.69, 9.17) is 4.74 Å². The van der Waals surface area contributed by atoms with Gasteiger partial charge >= 0.3 is 5.69 Å². The Balaban J connectivity index is 1.54. The van der Waals surface area contributed by atoms with Gasteiger partial charge in [-0.2, -0.15) is 0 Å². The highest BCUT2D eigenvalue weighted by molar-refractivity contribution is 5.29. The highest BCUT2D eigenvalue weighted by atomic mass is 19.1. The molecule has 6 heteroatoms. The molecule has 0 amide bonds. The van der Waals surface area contributed by atoms with Gasteiger partial charge in [0.25, 0.3) is 0 Å². The molecule has 0 aliphatic heterocycles. The number of halogens is 1. The van der Waals surface area contributed by atoms with Crippen molar-refractivity contribution < 1.29 is 9.13 Å². The molecule has 2 aliphatic carbocycles. The van der Waals surface area contributed by atoms with Crippen molar-refractivity contribution in [2.24, 2.45) is 18.9 Å². The van der Waals surface area contributed by atoms with E-state index in [0.717, 1.165) is 36.3 Å². The van der Waals surface area contributed by atoms with Gasteiger partial charge < -0.3 is 4.74 Å². The van der Waals surface area contributed by atoms with Crippen LogP contribution in [0.2, 0.25) is 0 Å². The molecular weight excluding hydrogens is 369 g/mol. The van der Waals surface area contributed by atoms with E-state index in [0.29, 0.717) is 17.6 Å². The largest absolute Gasteiger partial charge is 0.439 e. The molecule has 1 atom stereocenters. The highest BCUT2D eigenvalue weighted by Gasteiger charge is 2.23. The van der Waals surface area contributed by atoms with E-state index in [1.165, 1.54) is 25.0 Å². The van der Waals surface area contributed by atoms with Crippen molar-refractivity contribution >= 4 is 12.2 Å². The molecule has 1 fully saturated rings. The fourth-order valence-electron chi connectivity index (χ4n) is 3.73. The van der Waals surface area contributed by atoms with Crippen molar-refractivity contribution in [3.8, 4) is 5.88 Å². The predicted molar refractivity (Wildman–Crippen MR) is 111 cm³/mol. The third-order valence-electron chi connectivity index (χ3n) is 5.50. The van der Waals surface area contributed by atoms with Gasteiger partial charge in [0.2, 0.25) is 5.88 Å². The standard InChI is InChI=1S/C23H26FN3O2/c1-3-20-21(26(2)23(28)27(20)15-17-7-8-17)11-9-16-5-4-6-19(13-16)29-22-12-10-18(24)14-25-22/h3-4,6,10-14,16-17H,5,7-9,15H2,1-2H3. The van der Waals surface area contributed by atoms with E-state index in [9.17, 15) is 9.18 Å². The number of pyridine rings is 1. The van der Waals surface area contributed by atoms with Gasteiger partial charge in [-0.05, 0) is 62.7 Å².